The molecule has 2 aromatic rings. The number of benzene rings is 2. The third kappa shape index (κ3) is 3.60. The number of aryl methyl sites for hydroxylation is 1. The highest BCUT2D eigenvalue weighted by molar-refractivity contribution is 5.94. The summed E-state index contributed by atoms with van der Waals surface area (Å²) in [5.74, 6) is -0.0675. The van der Waals surface area contributed by atoms with Gasteiger partial charge in [0.15, 0.2) is 0 Å². The van der Waals surface area contributed by atoms with Crippen LogP contribution < -0.4 is 9.47 Å². The molecule has 108 valence electrons. The third-order valence-electron chi connectivity index (χ3n) is 2.76. The third-order valence-corrected chi connectivity index (χ3v) is 2.76. The Morgan fingerprint density at radius 2 is 1.48 bits per heavy atom. The molecule has 0 amide bonds. The average molecular weight is 286 g/mol. The van der Waals surface area contributed by atoms with Gasteiger partial charge in [-0.15, -0.1) is 0 Å². The first-order chi connectivity index (χ1) is 10.1. The Morgan fingerprint density at radius 3 is 2.14 bits per heavy atom. The maximum atomic E-state index is 12.2. The van der Waals surface area contributed by atoms with Gasteiger partial charge in [-0.05, 0) is 30.7 Å². The van der Waals surface area contributed by atoms with Gasteiger partial charge in [0.05, 0.1) is 7.11 Å². The van der Waals surface area contributed by atoms with Crippen LogP contribution in [0.2, 0.25) is 0 Å². The van der Waals surface area contributed by atoms with Crippen molar-refractivity contribution in [3.05, 3.63) is 59.7 Å². The Balaban J connectivity index is 2.23. The van der Waals surface area contributed by atoms with Gasteiger partial charge in [-0.3, -0.25) is 0 Å². The topological polar surface area (TPSA) is 61.8 Å². The highest BCUT2D eigenvalue weighted by atomic mass is 16.7. The van der Waals surface area contributed by atoms with Crippen molar-refractivity contribution in [2.75, 3.05) is 7.11 Å². The van der Waals surface area contributed by atoms with Crippen LogP contribution in [0, 0.1) is 6.92 Å². The van der Waals surface area contributed by atoms with E-state index in [2.05, 4.69) is 4.74 Å². The van der Waals surface area contributed by atoms with E-state index in [1.54, 1.807) is 24.3 Å². The molecule has 0 atom stereocenters. The number of carbonyl (C=O) groups is 2. The molecule has 0 spiro atoms. The summed E-state index contributed by atoms with van der Waals surface area (Å²) < 4.78 is 14.7. The molecule has 2 aromatic carbocycles. The van der Waals surface area contributed by atoms with Crippen LogP contribution in [-0.2, 0) is 4.74 Å². The lowest BCUT2D eigenvalue weighted by Crippen LogP contribution is -2.14. The summed E-state index contributed by atoms with van der Waals surface area (Å²) in [6, 6.07) is 13.4. The first-order valence-corrected chi connectivity index (χ1v) is 6.24. The van der Waals surface area contributed by atoms with E-state index in [1.807, 2.05) is 19.1 Å². The van der Waals surface area contributed by atoms with E-state index in [0.29, 0.717) is 5.75 Å². The molecule has 0 N–H and O–H groups in total. The van der Waals surface area contributed by atoms with Crippen molar-refractivity contribution in [2.45, 2.75) is 6.92 Å². The predicted octanol–water partition coefficient (Wildman–Crippen LogP) is 3.36. The van der Waals surface area contributed by atoms with E-state index in [-0.39, 0.29) is 11.3 Å². The van der Waals surface area contributed by atoms with Crippen molar-refractivity contribution in [3.8, 4) is 11.5 Å². The average Bonchev–Trinajstić information content (AvgIpc) is 2.50. The molecule has 2 rings (SSSR count). The molecule has 21 heavy (non-hydrogen) atoms. The predicted molar refractivity (Wildman–Crippen MR) is 75.6 cm³/mol. The number of rotatable bonds is 3. The van der Waals surface area contributed by atoms with Crippen molar-refractivity contribution in [2.24, 2.45) is 0 Å². The minimum Gasteiger partial charge on any atom is -0.437 e. The van der Waals surface area contributed by atoms with Gasteiger partial charge in [0, 0.05) is 0 Å². The maximum absolute atomic E-state index is 12.2. The van der Waals surface area contributed by atoms with Crippen LogP contribution in [0.15, 0.2) is 48.5 Å². The summed E-state index contributed by atoms with van der Waals surface area (Å²) in [4.78, 5) is 23.4. The number of hydrogen-bond donors (Lipinski definition) is 0. The zero-order valence-electron chi connectivity index (χ0n) is 11.7. The molecular weight excluding hydrogens is 272 g/mol. The van der Waals surface area contributed by atoms with Gasteiger partial charge in [-0.2, -0.15) is 0 Å². The summed E-state index contributed by atoms with van der Waals surface area (Å²) in [5, 5.41) is 0. The highest BCUT2D eigenvalue weighted by Crippen LogP contribution is 2.23. The molecule has 0 bridgehead atoms. The molecule has 0 saturated carbocycles. The summed E-state index contributed by atoms with van der Waals surface area (Å²) in [7, 11) is 1.19. The minimum atomic E-state index is -0.897. The Bertz CT molecular complexity index is 663. The Kier molecular flexibility index (Phi) is 4.56. The first kappa shape index (κ1) is 14.6. The smallest absolute Gasteiger partial charge is 0.437 e. The lowest BCUT2D eigenvalue weighted by Gasteiger charge is -2.10. The summed E-state index contributed by atoms with van der Waals surface area (Å²) in [6.07, 6.45) is -0.897. The van der Waals surface area contributed by atoms with Crippen LogP contribution >= 0.6 is 0 Å². The first-order valence-electron chi connectivity index (χ1n) is 6.24. The zero-order chi connectivity index (χ0) is 15.2. The number of methoxy groups -OCH3 is 1. The van der Waals surface area contributed by atoms with Crippen molar-refractivity contribution < 1.29 is 23.8 Å². The van der Waals surface area contributed by atoms with Crippen LogP contribution in [-0.4, -0.2) is 19.2 Å². The van der Waals surface area contributed by atoms with Crippen LogP contribution in [0.3, 0.4) is 0 Å². The molecule has 5 nitrogen and oxygen atoms in total. The molecule has 0 radical (unpaired) electrons. The maximum Gasteiger partial charge on any atom is 0.513 e. The van der Waals surface area contributed by atoms with E-state index < -0.39 is 12.1 Å². The van der Waals surface area contributed by atoms with Crippen LogP contribution in [0.25, 0.3) is 0 Å². The fourth-order valence-electron chi connectivity index (χ4n) is 1.68. The number of ether oxygens (including phenoxy) is 3. The second-order valence-electron chi connectivity index (χ2n) is 4.21. The Hall–Kier alpha value is -2.82. The standard InChI is InChI=1S/C16H14O5/c1-11-7-3-5-9-13(11)20-15(17)12-8-4-6-10-14(12)21-16(18)19-2/h3-10H,1-2H3. The zero-order valence-corrected chi connectivity index (χ0v) is 11.7. The van der Waals surface area contributed by atoms with Gasteiger partial charge in [0.25, 0.3) is 0 Å². The second-order valence-corrected chi connectivity index (χ2v) is 4.21. The monoisotopic (exact) mass is 286 g/mol. The highest BCUT2D eigenvalue weighted by Gasteiger charge is 2.17. The van der Waals surface area contributed by atoms with E-state index in [4.69, 9.17) is 9.47 Å². The normalized spacial score (nSPS) is 9.81. The number of para-hydroxylation sites is 2. The number of hydrogen-bond acceptors (Lipinski definition) is 5. The summed E-state index contributed by atoms with van der Waals surface area (Å²) in [6.45, 7) is 1.83. The van der Waals surface area contributed by atoms with Gasteiger partial charge in [-0.25, -0.2) is 9.59 Å². The SMILES string of the molecule is COC(=O)Oc1ccccc1C(=O)Oc1ccccc1C. The van der Waals surface area contributed by atoms with Crippen LogP contribution in [0.5, 0.6) is 11.5 Å². The van der Waals surface area contributed by atoms with Gasteiger partial charge in [-0.1, -0.05) is 30.3 Å². The molecule has 0 fully saturated rings. The van der Waals surface area contributed by atoms with Crippen molar-refractivity contribution >= 4 is 12.1 Å². The molecule has 5 heteroatoms. The van der Waals surface area contributed by atoms with Crippen molar-refractivity contribution in [3.63, 3.8) is 0 Å². The number of esters is 1. The van der Waals surface area contributed by atoms with E-state index in [9.17, 15) is 9.59 Å². The molecule has 0 heterocycles. The van der Waals surface area contributed by atoms with Gasteiger partial charge in [0.2, 0.25) is 0 Å². The molecule has 0 aliphatic carbocycles. The Labute approximate surface area is 122 Å². The molecule has 0 saturated heterocycles. The quantitative estimate of drug-likeness (QED) is 0.492. The van der Waals surface area contributed by atoms with Gasteiger partial charge < -0.3 is 14.2 Å². The molecule has 0 aliphatic rings. The fraction of sp³-hybridized carbons (Fsp3) is 0.125. The lowest BCUT2D eigenvalue weighted by atomic mass is 10.2. The van der Waals surface area contributed by atoms with E-state index in [0.717, 1.165) is 5.56 Å². The molecule has 0 aliphatic heterocycles. The summed E-state index contributed by atoms with van der Waals surface area (Å²) in [5.41, 5.74) is 0.975. The van der Waals surface area contributed by atoms with Crippen molar-refractivity contribution in [1.29, 1.82) is 0 Å². The molecule has 0 unspecified atom stereocenters. The fourth-order valence-corrected chi connectivity index (χ4v) is 1.68. The van der Waals surface area contributed by atoms with Gasteiger partial charge in [0.1, 0.15) is 17.1 Å². The lowest BCUT2D eigenvalue weighted by molar-refractivity contribution is 0.0728. The molecule has 0 aromatic heterocycles. The Morgan fingerprint density at radius 1 is 0.857 bits per heavy atom. The van der Waals surface area contributed by atoms with Crippen molar-refractivity contribution in [1.82, 2.24) is 0 Å². The molecular formula is C16H14O5. The number of carbonyl (C=O) groups excluding carboxylic acids is 2. The largest absolute Gasteiger partial charge is 0.513 e. The summed E-state index contributed by atoms with van der Waals surface area (Å²) >= 11 is 0. The van der Waals surface area contributed by atoms with Gasteiger partial charge >= 0.3 is 12.1 Å². The van der Waals surface area contributed by atoms with Crippen LogP contribution in [0.1, 0.15) is 15.9 Å². The van der Waals surface area contributed by atoms with E-state index in [1.165, 1.54) is 19.2 Å². The van der Waals surface area contributed by atoms with Crippen LogP contribution in [0.4, 0.5) is 4.79 Å². The second kappa shape index (κ2) is 6.56. The van der Waals surface area contributed by atoms with E-state index >= 15 is 0 Å². The minimum absolute atomic E-state index is 0.0861.